The Bertz CT molecular complexity index is 390. The Morgan fingerprint density at radius 3 is 2.58 bits per heavy atom. The Kier molecular flexibility index (Phi) is 7.01. The lowest BCUT2D eigenvalue weighted by atomic mass is 9.92. The second-order valence-electron chi connectivity index (χ2n) is 4.78. The highest BCUT2D eigenvalue weighted by Crippen LogP contribution is 2.28. The molecule has 0 saturated carbocycles. The van der Waals surface area contributed by atoms with Gasteiger partial charge in [0.05, 0.1) is 12.5 Å². The lowest BCUT2D eigenvalue weighted by molar-refractivity contribution is -0.145. The third-order valence-electron chi connectivity index (χ3n) is 3.29. The van der Waals surface area contributed by atoms with E-state index in [9.17, 15) is 4.79 Å². The zero-order valence-corrected chi connectivity index (χ0v) is 12.0. The molecule has 1 rings (SSSR count). The summed E-state index contributed by atoms with van der Waals surface area (Å²) in [5.74, 6) is -0.380. The van der Waals surface area contributed by atoms with Crippen LogP contribution in [-0.2, 0) is 9.53 Å². The van der Waals surface area contributed by atoms with Gasteiger partial charge in [0, 0.05) is 5.69 Å². The number of carbonyl (C=O) groups excluding carboxylic acids is 1. The largest absolute Gasteiger partial charge is 0.466 e. The van der Waals surface area contributed by atoms with E-state index in [4.69, 9.17) is 10.5 Å². The van der Waals surface area contributed by atoms with E-state index in [1.54, 1.807) is 0 Å². The number of unbranched alkanes of at least 4 members (excludes halogenated alkanes) is 3. The van der Waals surface area contributed by atoms with Gasteiger partial charge in [0.2, 0.25) is 0 Å². The number of nitrogen functional groups attached to an aromatic ring is 1. The molecule has 19 heavy (non-hydrogen) atoms. The topological polar surface area (TPSA) is 52.3 Å². The first-order chi connectivity index (χ1) is 9.20. The molecular weight excluding hydrogens is 238 g/mol. The molecule has 0 spiro atoms. The monoisotopic (exact) mass is 263 g/mol. The molecule has 0 radical (unpaired) electrons. The number of hydrogen-bond donors (Lipinski definition) is 1. The van der Waals surface area contributed by atoms with Crippen molar-refractivity contribution in [3.63, 3.8) is 0 Å². The molecule has 0 fully saturated rings. The van der Waals surface area contributed by atoms with Crippen molar-refractivity contribution in [1.82, 2.24) is 0 Å². The highest BCUT2D eigenvalue weighted by molar-refractivity contribution is 5.80. The van der Waals surface area contributed by atoms with Gasteiger partial charge in [-0.15, -0.1) is 0 Å². The zero-order chi connectivity index (χ0) is 14.1. The second kappa shape index (κ2) is 8.57. The Morgan fingerprint density at radius 1 is 1.21 bits per heavy atom. The minimum atomic E-state index is -0.224. The number of nitrogens with two attached hydrogens (primary N) is 1. The number of ether oxygens (including phenoxy) is 1. The van der Waals surface area contributed by atoms with E-state index >= 15 is 0 Å². The molecule has 0 aromatic heterocycles. The Morgan fingerprint density at radius 2 is 1.95 bits per heavy atom. The van der Waals surface area contributed by atoms with E-state index in [0.717, 1.165) is 24.8 Å². The molecule has 1 unspecified atom stereocenters. The molecule has 1 aromatic rings. The van der Waals surface area contributed by atoms with E-state index < -0.39 is 0 Å². The third-order valence-corrected chi connectivity index (χ3v) is 3.29. The van der Waals surface area contributed by atoms with Crippen LogP contribution in [0.3, 0.4) is 0 Å². The van der Waals surface area contributed by atoms with Crippen molar-refractivity contribution in [3.05, 3.63) is 29.8 Å². The van der Waals surface area contributed by atoms with Crippen LogP contribution in [0.5, 0.6) is 0 Å². The standard InChI is InChI=1S/C16H25NO2/c1-3-5-6-7-11-14(16(18)19-4-2)13-10-8-9-12-15(13)17/h8-10,12,14H,3-7,11,17H2,1-2H3. The summed E-state index contributed by atoms with van der Waals surface area (Å²) < 4.78 is 5.18. The predicted octanol–water partition coefficient (Wildman–Crippen LogP) is 3.89. The van der Waals surface area contributed by atoms with Crippen LogP contribution in [0.4, 0.5) is 5.69 Å². The minimum Gasteiger partial charge on any atom is -0.466 e. The van der Waals surface area contributed by atoms with Gasteiger partial charge in [0.25, 0.3) is 0 Å². The maximum atomic E-state index is 12.1. The molecule has 0 amide bonds. The van der Waals surface area contributed by atoms with Crippen molar-refractivity contribution >= 4 is 11.7 Å². The Hall–Kier alpha value is -1.51. The van der Waals surface area contributed by atoms with Gasteiger partial charge in [0.1, 0.15) is 0 Å². The van der Waals surface area contributed by atoms with E-state index in [2.05, 4.69) is 6.92 Å². The average molecular weight is 263 g/mol. The molecule has 0 aliphatic rings. The molecule has 1 atom stereocenters. The van der Waals surface area contributed by atoms with Gasteiger partial charge in [-0.3, -0.25) is 4.79 Å². The van der Waals surface area contributed by atoms with Crippen molar-refractivity contribution in [2.24, 2.45) is 0 Å². The molecule has 0 aliphatic carbocycles. The van der Waals surface area contributed by atoms with Crippen LogP contribution in [0.1, 0.15) is 57.4 Å². The van der Waals surface area contributed by atoms with Crippen molar-refractivity contribution in [2.45, 2.75) is 51.9 Å². The van der Waals surface area contributed by atoms with Crippen LogP contribution >= 0.6 is 0 Å². The summed E-state index contributed by atoms with van der Waals surface area (Å²) in [6, 6.07) is 7.58. The normalized spacial score (nSPS) is 12.1. The predicted molar refractivity (Wildman–Crippen MR) is 79.0 cm³/mol. The maximum Gasteiger partial charge on any atom is 0.313 e. The molecule has 3 heteroatoms. The summed E-state index contributed by atoms with van der Waals surface area (Å²) >= 11 is 0. The fourth-order valence-corrected chi connectivity index (χ4v) is 2.25. The molecule has 0 saturated heterocycles. The van der Waals surface area contributed by atoms with Gasteiger partial charge >= 0.3 is 5.97 Å². The molecule has 0 aliphatic heterocycles. The van der Waals surface area contributed by atoms with E-state index in [1.165, 1.54) is 12.8 Å². The number of para-hydroxylation sites is 1. The lowest BCUT2D eigenvalue weighted by Gasteiger charge is -2.17. The summed E-state index contributed by atoms with van der Waals surface area (Å²) in [5, 5.41) is 0. The Balaban J connectivity index is 2.74. The molecule has 1 aromatic carbocycles. The van der Waals surface area contributed by atoms with Crippen LogP contribution < -0.4 is 5.73 Å². The fraction of sp³-hybridized carbons (Fsp3) is 0.562. The number of benzene rings is 1. The van der Waals surface area contributed by atoms with Crippen LogP contribution in [0, 0.1) is 0 Å². The van der Waals surface area contributed by atoms with Crippen molar-refractivity contribution in [1.29, 1.82) is 0 Å². The molecule has 3 nitrogen and oxygen atoms in total. The van der Waals surface area contributed by atoms with E-state index in [0.29, 0.717) is 12.3 Å². The first kappa shape index (κ1) is 15.5. The van der Waals surface area contributed by atoms with Crippen LogP contribution in [0.2, 0.25) is 0 Å². The van der Waals surface area contributed by atoms with Crippen molar-refractivity contribution in [2.75, 3.05) is 12.3 Å². The van der Waals surface area contributed by atoms with Gasteiger partial charge in [0.15, 0.2) is 0 Å². The fourth-order valence-electron chi connectivity index (χ4n) is 2.25. The van der Waals surface area contributed by atoms with Crippen molar-refractivity contribution in [3.8, 4) is 0 Å². The van der Waals surface area contributed by atoms with Crippen molar-refractivity contribution < 1.29 is 9.53 Å². The molecular formula is C16H25NO2. The molecule has 0 bridgehead atoms. The van der Waals surface area contributed by atoms with Gasteiger partial charge in [-0.25, -0.2) is 0 Å². The summed E-state index contributed by atoms with van der Waals surface area (Å²) in [6.45, 7) is 4.43. The lowest BCUT2D eigenvalue weighted by Crippen LogP contribution is -2.17. The number of esters is 1. The van der Waals surface area contributed by atoms with Gasteiger partial charge < -0.3 is 10.5 Å². The SMILES string of the molecule is CCCCCCC(C(=O)OCC)c1ccccc1N. The van der Waals surface area contributed by atoms with Crippen LogP contribution in [-0.4, -0.2) is 12.6 Å². The smallest absolute Gasteiger partial charge is 0.313 e. The molecule has 0 heterocycles. The van der Waals surface area contributed by atoms with Gasteiger partial charge in [-0.2, -0.15) is 0 Å². The zero-order valence-electron chi connectivity index (χ0n) is 12.0. The average Bonchev–Trinajstić information content (AvgIpc) is 2.40. The number of rotatable bonds is 8. The summed E-state index contributed by atoms with van der Waals surface area (Å²) in [7, 11) is 0. The Labute approximate surface area is 116 Å². The van der Waals surface area contributed by atoms with Gasteiger partial charge in [-0.1, -0.05) is 50.8 Å². The summed E-state index contributed by atoms with van der Waals surface area (Å²) in [6.07, 6.45) is 5.40. The minimum absolute atomic E-state index is 0.156. The number of carbonyl (C=O) groups is 1. The number of anilines is 1. The quantitative estimate of drug-likeness (QED) is 0.440. The van der Waals surface area contributed by atoms with E-state index in [-0.39, 0.29) is 11.9 Å². The highest BCUT2D eigenvalue weighted by Gasteiger charge is 2.23. The van der Waals surface area contributed by atoms with Crippen LogP contribution in [0.15, 0.2) is 24.3 Å². The second-order valence-corrected chi connectivity index (χ2v) is 4.78. The number of hydrogen-bond acceptors (Lipinski definition) is 3. The maximum absolute atomic E-state index is 12.1. The van der Waals surface area contributed by atoms with Crippen LogP contribution in [0.25, 0.3) is 0 Å². The van der Waals surface area contributed by atoms with E-state index in [1.807, 2.05) is 31.2 Å². The third kappa shape index (κ3) is 4.93. The highest BCUT2D eigenvalue weighted by atomic mass is 16.5. The molecule has 106 valence electrons. The molecule has 2 N–H and O–H groups in total. The van der Waals surface area contributed by atoms with Gasteiger partial charge in [-0.05, 0) is 25.0 Å². The first-order valence-corrected chi connectivity index (χ1v) is 7.21. The summed E-state index contributed by atoms with van der Waals surface area (Å²) in [4.78, 5) is 12.1. The first-order valence-electron chi connectivity index (χ1n) is 7.21. The summed E-state index contributed by atoms with van der Waals surface area (Å²) in [5.41, 5.74) is 7.56.